The number of amides is 2. The van der Waals surface area contributed by atoms with Crippen LogP contribution in [0.4, 0.5) is 4.79 Å². The van der Waals surface area contributed by atoms with Crippen molar-refractivity contribution in [2.24, 2.45) is 5.73 Å². The maximum Gasteiger partial charge on any atom is 0.312 e. The summed E-state index contributed by atoms with van der Waals surface area (Å²) in [7, 11) is 1.58. The molecule has 0 aliphatic rings. The number of carbonyl (C=O) groups excluding carboxylic acids is 2. The molecule has 0 saturated carbocycles. The molecule has 0 radical (unpaired) electrons. The lowest BCUT2D eigenvalue weighted by Gasteiger charge is -2.10. The number of esters is 1. The Labute approximate surface area is 138 Å². The number of methoxy groups -OCH3 is 1. The van der Waals surface area contributed by atoms with E-state index in [0.717, 1.165) is 29.3 Å². The van der Waals surface area contributed by atoms with Crippen molar-refractivity contribution in [2.75, 3.05) is 13.7 Å². The molecule has 6 nitrogen and oxygen atoms in total. The molecule has 0 aliphatic carbocycles. The van der Waals surface area contributed by atoms with Gasteiger partial charge in [0.2, 0.25) is 0 Å². The molecule has 3 N–H and O–H groups in total. The van der Waals surface area contributed by atoms with Crippen LogP contribution in [0.2, 0.25) is 0 Å². The molecule has 0 unspecified atom stereocenters. The van der Waals surface area contributed by atoms with Crippen LogP contribution in [0.5, 0.6) is 5.75 Å². The number of urea groups is 1. The SMILES string of the molecule is COc1ccc(Br)cc1COC(=O)CCCCCNC(N)=O. The number of nitrogens with one attached hydrogen (secondary N) is 1. The highest BCUT2D eigenvalue weighted by Gasteiger charge is 2.08. The molecule has 0 saturated heterocycles. The zero-order chi connectivity index (χ0) is 16.4. The van der Waals surface area contributed by atoms with Gasteiger partial charge in [0.15, 0.2) is 0 Å². The first-order valence-corrected chi connectivity index (χ1v) is 7.83. The van der Waals surface area contributed by atoms with Crippen LogP contribution >= 0.6 is 15.9 Å². The largest absolute Gasteiger partial charge is 0.496 e. The predicted octanol–water partition coefficient (Wildman–Crippen LogP) is 2.73. The number of rotatable bonds is 9. The summed E-state index contributed by atoms with van der Waals surface area (Å²) >= 11 is 3.37. The van der Waals surface area contributed by atoms with Gasteiger partial charge in [-0.3, -0.25) is 4.79 Å². The van der Waals surface area contributed by atoms with Crippen molar-refractivity contribution in [3.05, 3.63) is 28.2 Å². The van der Waals surface area contributed by atoms with E-state index in [9.17, 15) is 9.59 Å². The third-order valence-electron chi connectivity index (χ3n) is 2.99. The maximum atomic E-state index is 11.7. The second kappa shape index (κ2) is 10.0. The fourth-order valence-electron chi connectivity index (χ4n) is 1.87. The average Bonchev–Trinajstić information content (AvgIpc) is 2.48. The van der Waals surface area contributed by atoms with Gasteiger partial charge in [0.1, 0.15) is 12.4 Å². The normalized spacial score (nSPS) is 10.1. The Bertz CT molecular complexity index is 508. The van der Waals surface area contributed by atoms with E-state index in [4.69, 9.17) is 15.2 Å². The zero-order valence-corrected chi connectivity index (χ0v) is 14.1. The van der Waals surface area contributed by atoms with E-state index in [1.54, 1.807) is 7.11 Å². The highest BCUT2D eigenvalue weighted by molar-refractivity contribution is 9.10. The molecule has 1 aromatic carbocycles. The quantitative estimate of drug-likeness (QED) is 0.514. The van der Waals surface area contributed by atoms with Crippen LogP contribution in [0.1, 0.15) is 31.2 Å². The number of primary amides is 1. The first kappa shape index (κ1) is 18.3. The molecular formula is C15H21BrN2O4. The summed E-state index contributed by atoms with van der Waals surface area (Å²) < 4.78 is 11.4. The number of nitrogens with two attached hydrogens (primary N) is 1. The lowest BCUT2D eigenvalue weighted by Crippen LogP contribution is -2.29. The summed E-state index contributed by atoms with van der Waals surface area (Å²) in [5.41, 5.74) is 5.76. The first-order valence-electron chi connectivity index (χ1n) is 7.04. The molecule has 2 amide bonds. The van der Waals surface area contributed by atoms with Crippen molar-refractivity contribution in [2.45, 2.75) is 32.3 Å². The number of halogens is 1. The van der Waals surface area contributed by atoms with Crippen LogP contribution in [0, 0.1) is 0 Å². The van der Waals surface area contributed by atoms with E-state index in [1.165, 1.54) is 0 Å². The Hall–Kier alpha value is -1.76. The lowest BCUT2D eigenvalue weighted by molar-refractivity contribution is -0.145. The predicted molar refractivity (Wildman–Crippen MR) is 86.5 cm³/mol. The van der Waals surface area contributed by atoms with E-state index in [1.807, 2.05) is 18.2 Å². The van der Waals surface area contributed by atoms with Gasteiger partial charge in [0.05, 0.1) is 7.11 Å². The van der Waals surface area contributed by atoms with Gasteiger partial charge in [-0.05, 0) is 31.0 Å². The number of unbranched alkanes of at least 4 members (excludes halogenated alkanes) is 2. The minimum absolute atomic E-state index is 0.185. The Morgan fingerprint density at radius 2 is 2.05 bits per heavy atom. The van der Waals surface area contributed by atoms with Gasteiger partial charge in [-0.2, -0.15) is 0 Å². The highest BCUT2D eigenvalue weighted by atomic mass is 79.9. The molecule has 0 spiro atoms. The second-order valence-corrected chi connectivity index (χ2v) is 5.63. The Kier molecular flexibility index (Phi) is 8.35. The molecule has 0 bridgehead atoms. The second-order valence-electron chi connectivity index (χ2n) is 4.72. The molecular weight excluding hydrogens is 352 g/mol. The lowest BCUT2D eigenvalue weighted by atomic mass is 10.2. The molecule has 22 heavy (non-hydrogen) atoms. The summed E-state index contributed by atoms with van der Waals surface area (Å²) in [6, 6.07) is 5.02. The Morgan fingerprint density at radius 1 is 1.27 bits per heavy atom. The van der Waals surface area contributed by atoms with E-state index in [0.29, 0.717) is 18.7 Å². The van der Waals surface area contributed by atoms with Crippen molar-refractivity contribution in [1.82, 2.24) is 5.32 Å². The van der Waals surface area contributed by atoms with Crippen LogP contribution in [0.15, 0.2) is 22.7 Å². The molecule has 0 aliphatic heterocycles. The molecule has 1 aromatic rings. The smallest absolute Gasteiger partial charge is 0.312 e. The van der Waals surface area contributed by atoms with E-state index in [2.05, 4.69) is 21.2 Å². The Morgan fingerprint density at radius 3 is 2.73 bits per heavy atom. The molecule has 0 atom stereocenters. The summed E-state index contributed by atoms with van der Waals surface area (Å²) in [6.45, 7) is 0.713. The molecule has 7 heteroatoms. The van der Waals surface area contributed by atoms with Crippen LogP contribution in [0.3, 0.4) is 0 Å². The average molecular weight is 373 g/mol. The molecule has 0 heterocycles. The number of benzene rings is 1. The van der Waals surface area contributed by atoms with Gasteiger partial charge in [0, 0.05) is 23.0 Å². The summed E-state index contributed by atoms with van der Waals surface area (Å²) in [6.07, 6.45) is 2.69. The highest BCUT2D eigenvalue weighted by Crippen LogP contribution is 2.23. The summed E-state index contributed by atoms with van der Waals surface area (Å²) in [5.74, 6) is 0.443. The summed E-state index contributed by atoms with van der Waals surface area (Å²) in [5, 5.41) is 2.50. The number of ether oxygens (including phenoxy) is 2. The van der Waals surface area contributed by atoms with Crippen molar-refractivity contribution in [3.8, 4) is 5.75 Å². The van der Waals surface area contributed by atoms with Crippen molar-refractivity contribution < 1.29 is 19.1 Å². The fraction of sp³-hybridized carbons (Fsp3) is 0.467. The first-order chi connectivity index (χ1) is 10.5. The molecule has 122 valence electrons. The molecule has 1 rings (SSSR count). The number of hydrogen-bond acceptors (Lipinski definition) is 4. The van der Waals surface area contributed by atoms with Gasteiger partial charge in [-0.15, -0.1) is 0 Å². The van der Waals surface area contributed by atoms with Gasteiger partial charge in [0.25, 0.3) is 0 Å². The molecule has 0 aromatic heterocycles. The van der Waals surface area contributed by atoms with Crippen LogP contribution < -0.4 is 15.8 Å². The van der Waals surface area contributed by atoms with Crippen molar-refractivity contribution >= 4 is 27.9 Å². The van der Waals surface area contributed by atoms with Crippen molar-refractivity contribution in [1.29, 1.82) is 0 Å². The van der Waals surface area contributed by atoms with Crippen molar-refractivity contribution in [3.63, 3.8) is 0 Å². The third kappa shape index (κ3) is 7.31. The molecule has 0 fully saturated rings. The third-order valence-corrected chi connectivity index (χ3v) is 3.48. The maximum absolute atomic E-state index is 11.7. The van der Waals surface area contributed by atoms with Crippen LogP contribution in [-0.2, 0) is 16.1 Å². The van der Waals surface area contributed by atoms with Gasteiger partial charge >= 0.3 is 12.0 Å². The standard InChI is InChI=1S/C15H21BrN2O4/c1-21-13-7-6-12(16)9-11(13)10-22-14(19)5-3-2-4-8-18-15(17)20/h6-7,9H,2-5,8,10H2,1H3,(H3,17,18,20). The Balaban J connectivity index is 2.23. The van der Waals surface area contributed by atoms with Gasteiger partial charge in [-0.1, -0.05) is 22.4 Å². The van der Waals surface area contributed by atoms with Gasteiger partial charge in [-0.25, -0.2) is 4.79 Å². The van der Waals surface area contributed by atoms with E-state index in [-0.39, 0.29) is 12.6 Å². The zero-order valence-electron chi connectivity index (χ0n) is 12.6. The van der Waals surface area contributed by atoms with Crippen LogP contribution in [0.25, 0.3) is 0 Å². The number of carbonyl (C=O) groups is 2. The number of hydrogen-bond donors (Lipinski definition) is 2. The minimum Gasteiger partial charge on any atom is -0.496 e. The minimum atomic E-state index is -0.526. The van der Waals surface area contributed by atoms with E-state index < -0.39 is 6.03 Å². The van der Waals surface area contributed by atoms with Crippen LogP contribution in [-0.4, -0.2) is 25.7 Å². The topological polar surface area (TPSA) is 90.7 Å². The fourth-order valence-corrected chi connectivity index (χ4v) is 2.28. The van der Waals surface area contributed by atoms with Gasteiger partial charge < -0.3 is 20.5 Å². The monoisotopic (exact) mass is 372 g/mol. The van der Waals surface area contributed by atoms with E-state index >= 15 is 0 Å². The summed E-state index contributed by atoms with van der Waals surface area (Å²) in [4.78, 5) is 22.1.